The van der Waals surface area contributed by atoms with Gasteiger partial charge in [0.1, 0.15) is 54.9 Å². The van der Waals surface area contributed by atoms with E-state index in [4.69, 9.17) is 28.4 Å². The smallest absolute Gasteiger partial charge is 0.306 e. The predicted molar refractivity (Wildman–Crippen MR) is 270 cm³/mol. The zero-order valence-corrected chi connectivity index (χ0v) is 43.1. The lowest BCUT2D eigenvalue weighted by atomic mass is 9.98. The zero-order valence-electron chi connectivity index (χ0n) is 43.1. The van der Waals surface area contributed by atoms with E-state index < -0.39 is 80.7 Å². The van der Waals surface area contributed by atoms with Crippen molar-refractivity contribution in [2.24, 2.45) is 0 Å². The van der Waals surface area contributed by atoms with E-state index in [0.29, 0.717) is 13.0 Å². The highest BCUT2D eigenvalue weighted by atomic mass is 16.7. The van der Waals surface area contributed by atoms with Crippen molar-refractivity contribution in [3.63, 3.8) is 0 Å². The first-order valence-electron chi connectivity index (χ1n) is 27.6. The van der Waals surface area contributed by atoms with Gasteiger partial charge in [-0.15, -0.1) is 0 Å². The molecule has 2 heterocycles. The molecule has 69 heavy (non-hydrogen) atoms. The van der Waals surface area contributed by atoms with E-state index in [1.54, 1.807) is 0 Å². The molecular weight excluding hydrogens is 885 g/mol. The van der Waals surface area contributed by atoms with Crippen molar-refractivity contribution in [2.75, 3.05) is 33.0 Å². The highest BCUT2D eigenvalue weighted by Gasteiger charge is 2.47. The maximum absolute atomic E-state index is 13.0. The summed E-state index contributed by atoms with van der Waals surface area (Å²) in [6, 6.07) is 0. The predicted octanol–water partition coefficient (Wildman–Crippen LogP) is 8.97. The third-order valence-electron chi connectivity index (χ3n) is 13.2. The maximum Gasteiger partial charge on any atom is 0.306 e. The Labute approximate surface area is 417 Å². The molecular formula is C55H100O14. The number of carbonyl (C=O) groups is 1. The maximum atomic E-state index is 13.0. The third kappa shape index (κ3) is 30.1. The summed E-state index contributed by atoms with van der Waals surface area (Å²) < 4.78 is 34.3. The van der Waals surface area contributed by atoms with Crippen LogP contribution in [0.15, 0.2) is 36.5 Å². The van der Waals surface area contributed by atoms with Gasteiger partial charge in [-0.25, -0.2) is 0 Å². The number of esters is 1. The molecule has 11 atom stereocenters. The summed E-state index contributed by atoms with van der Waals surface area (Å²) in [7, 11) is 0. The van der Waals surface area contributed by atoms with E-state index in [2.05, 4.69) is 50.3 Å². The fraction of sp³-hybridized carbons (Fsp3) is 0.873. The first-order valence-corrected chi connectivity index (χ1v) is 27.6. The second-order valence-corrected chi connectivity index (χ2v) is 19.4. The number of aliphatic hydroxyl groups is 7. The van der Waals surface area contributed by atoms with Crippen LogP contribution in [0.1, 0.15) is 206 Å². The molecule has 0 bridgehead atoms. The van der Waals surface area contributed by atoms with Crippen LogP contribution in [0.2, 0.25) is 0 Å². The lowest BCUT2D eigenvalue weighted by molar-refractivity contribution is -0.332. The summed E-state index contributed by atoms with van der Waals surface area (Å²) in [4.78, 5) is 13.0. The van der Waals surface area contributed by atoms with Crippen LogP contribution in [0.4, 0.5) is 0 Å². The van der Waals surface area contributed by atoms with E-state index in [0.717, 1.165) is 64.2 Å². The minimum atomic E-state index is -1.71. The van der Waals surface area contributed by atoms with Gasteiger partial charge in [-0.05, 0) is 44.9 Å². The summed E-state index contributed by atoms with van der Waals surface area (Å²) in [5.41, 5.74) is 0. The Morgan fingerprint density at radius 2 is 0.942 bits per heavy atom. The molecule has 2 rings (SSSR count). The van der Waals surface area contributed by atoms with Gasteiger partial charge in [0.05, 0.1) is 26.4 Å². The van der Waals surface area contributed by atoms with Crippen LogP contribution in [0.3, 0.4) is 0 Å². The van der Waals surface area contributed by atoms with Crippen molar-refractivity contribution in [2.45, 2.75) is 274 Å². The number of ether oxygens (including phenoxy) is 6. The van der Waals surface area contributed by atoms with E-state index in [-0.39, 0.29) is 25.6 Å². The summed E-state index contributed by atoms with van der Waals surface area (Å²) in [6.45, 7) is 3.59. The van der Waals surface area contributed by atoms with Gasteiger partial charge in [0.15, 0.2) is 12.6 Å². The van der Waals surface area contributed by atoms with Crippen molar-refractivity contribution in [3.8, 4) is 0 Å². The molecule has 0 aromatic heterocycles. The minimum absolute atomic E-state index is 0.0590. The number of allylic oxidation sites excluding steroid dienone is 6. The Morgan fingerprint density at radius 1 is 0.493 bits per heavy atom. The van der Waals surface area contributed by atoms with Crippen molar-refractivity contribution >= 4 is 5.97 Å². The lowest BCUT2D eigenvalue weighted by Crippen LogP contribution is -2.61. The van der Waals surface area contributed by atoms with Gasteiger partial charge < -0.3 is 64.2 Å². The van der Waals surface area contributed by atoms with E-state index in [1.807, 2.05) is 0 Å². The summed E-state index contributed by atoms with van der Waals surface area (Å²) in [6.07, 6.45) is 32.0. The van der Waals surface area contributed by atoms with E-state index >= 15 is 0 Å². The molecule has 404 valence electrons. The van der Waals surface area contributed by atoms with E-state index in [1.165, 1.54) is 116 Å². The quantitative estimate of drug-likeness (QED) is 0.0173. The molecule has 14 nitrogen and oxygen atoms in total. The molecule has 2 aliphatic rings. The Morgan fingerprint density at radius 3 is 1.48 bits per heavy atom. The summed E-state index contributed by atoms with van der Waals surface area (Å²) >= 11 is 0. The van der Waals surface area contributed by atoms with Crippen molar-refractivity contribution in [1.29, 1.82) is 0 Å². The number of aliphatic hydroxyl groups excluding tert-OH is 7. The van der Waals surface area contributed by atoms with Gasteiger partial charge in [-0.1, -0.05) is 192 Å². The second kappa shape index (κ2) is 42.7. The number of hydrogen-bond acceptors (Lipinski definition) is 14. The average molecular weight is 985 g/mol. The summed E-state index contributed by atoms with van der Waals surface area (Å²) in [5.74, 6) is -0.376. The number of rotatable bonds is 44. The second-order valence-electron chi connectivity index (χ2n) is 19.4. The molecule has 0 saturated carbocycles. The molecule has 14 heteroatoms. The molecule has 0 spiro atoms. The largest absolute Gasteiger partial charge is 0.457 e. The number of unbranched alkanes of at least 4 members (excludes halogenated alkanes) is 24. The number of hydrogen-bond donors (Lipinski definition) is 7. The highest BCUT2D eigenvalue weighted by molar-refractivity contribution is 5.69. The average Bonchev–Trinajstić information content (AvgIpc) is 3.35. The molecule has 2 aliphatic heterocycles. The normalized spacial score (nSPS) is 25.9. The van der Waals surface area contributed by atoms with Gasteiger partial charge in [0, 0.05) is 13.0 Å². The van der Waals surface area contributed by atoms with Crippen molar-refractivity contribution < 1.29 is 69.0 Å². The zero-order chi connectivity index (χ0) is 50.2. The first kappa shape index (κ1) is 63.3. The lowest BCUT2D eigenvalue weighted by Gasteiger charge is -2.42. The fourth-order valence-corrected chi connectivity index (χ4v) is 8.71. The Hall–Kier alpha value is -1.79. The van der Waals surface area contributed by atoms with Gasteiger partial charge in [-0.2, -0.15) is 0 Å². The molecule has 0 amide bonds. The molecule has 2 fully saturated rings. The monoisotopic (exact) mass is 985 g/mol. The van der Waals surface area contributed by atoms with Crippen molar-refractivity contribution in [3.05, 3.63) is 36.5 Å². The molecule has 0 aliphatic carbocycles. The van der Waals surface area contributed by atoms with Gasteiger partial charge in [0.2, 0.25) is 0 Å². The van der Waals surface area contributed by atoms with Gasteiger partial charge in [0.25, 0.3) is 0 Å². The standard InChI is InChI=1S/C55H100O14/c1-3-5-7-9-11-13-15-17-19-21-23-25-27-29-31-33-35-37-39-64-41-44(67-47(57)38-36-34-32-30-28-26-24-22-20-18-16-14-12-10-8-6-4-2)42-65-54-53(63)51(61)49(59)46(69-54)43-66-55-52(62)50(60)48(58)45(40-56)68-55/h5,7,11,13,17,19,44-46,48-56,58-63H,3-4,6,8-10,12,14-16,18,20-43H2,1-2H3/b7-5-,13-11-,19-17-. The van der Waals surface area contributed by atoms with Crippen molar-refractivity contribution in [1.82, 2.24) is 0 Å². The van der Waals surface area contributed by atoms with Gasteiger partial charge in [-0.3, -0.25) is 4.79 Å². The van der Waals surface area contributed by atoms with Crippen LogP contribution in [-0.2, 0) is 33.2 Å². The van der Waals surface area contributed by atoms with Gasteiger partial charge >= 0.3 is 5.97 Å². The Bertz CT molecular complexity index is 1280. The topological polar surface area (TPSA) is 214 Å². The summed E-state index contributed by atoms with van der Waals surface area (Å²) in [5, 5.41) is 72.2. The van der Waals surface area contributed by atoms with Crippen LogP contribution in [0, 0.1) is 0 Å². The van der Waals surface area contributed by atoms with Crippen LogP contribution >= 0.6 is 0 Å². The molecule has 7 N–H and O–H groups in total. The minimum Gasteiger partial charge on any atom is -0.457 e. The molecule has 0 aromatic rings. The molecule has 2 saturated heterocycles. The Balaban J connectivity index is 1.74. The van der Waals surface area contributed by atoms with Crippen LogP contribution in [0.5, 0.6) is 0 Å². The third-order valence-corrected chi connectivity index (χ3v) is 13.2. The fourth-order valence-electron chi connectivity index (χ4n) is 8.71. The molecule has 0 aromatic carbocycles. The molecule has 0 radical (unpaired) electrons. The highest BCUT2D eigenvalue weighted by Crippen LogP contribution is 2.26. The Kier molecular flexibility index (Phi) is 39.2. The van der Waals surface area contributed by atoms with Crippen LogP contribution < -0.4 is 0 Å². The van der Waals surface area contributed by atoms with Crippen LogP contribution in [-0.4, -0.2) is 142 Å². The van der Waals surface area contributed by atoms with Crippen LogP contribution in [0.25, 0.3) is 0 Å². The SMILES string of the molecule is CC/C=C\C/C=C\C/C=C\CCCCCCCCCCOCC(COC1OC(COC2OC(CO)C(O)C(O)C2O)C(O)C(O)C1O)OC(=O)CCCCCCCCCCCCCCCCCCC. The first-order chi connectivity index (χ1) is 33.6. The number of carbonyl (C=O) groups excluding carboxylic acids is 1. The molecule has 11 unspecified atom stereocenters. The van der Waals surface area contributed by atoms with E-state index in [9.17, 15) is 40.5 Å².